The maximum absolute atomic E-state index is 12.5. The van der Waals surface area contributed by atoms with E-state index in [0.717, 1.165) is 83.5 Å². The average molecular weight is 645 g/mol. The lowest BCUT2D eigenvalue weighted by atomic mass is 10.1. The van der Waals surface area contributed by atoms with Crippen molar-refractivity contribution >= 4 is 19.8 Å². The zero-order valence-corrected chi connectivity index (χ0v) is 29.3. The third-order valence-electron chi connectivity index (χ3n) is 6.68. The van der Waals surface area contributed by atoms with Crippen molar-refractivity contribution in [2.45, 2.75) is 123 Å². The number of allylic oxidation sites excluding steroid dienone is 6. The highest BCUT2D eigenvalue weighted by Crippen LogP contribution is 2.43. The van der Waals surface area contributed by atoms with Gasteiger partial charge < -0.3 is 18.9 Å². The van der Waals surface area contributed by atoms with Crippen LogP contribution in [-0.2, 0) is 32.7 Å². The highest BCUT2D eigenvalue weighted by Gasteiger charge is 2.27. The number of unbranched alkanes of at least 4 members (excludes halogenated alkanes) is 9. The first kappa shape index (κ1) is 42.2. The summed E-state index contributed by atoms with van der Waals surface area (Å²) in [5.74, 6) is -0.839. The molecule has 0 aromatic rings. The molecule has 0 aliphatic heterocycles. The summed E-state index contributed by atoms with van der Waals surface area (Å²) in [5, 5.41) is 0. The zero-order chi connectivity index (χ0) is 32.9. The number of esters is 2. The van der Waals surface area contributed by atoms with Crippen LogP contribution < -0.4 is 0 Å². The highest BCUT2D eigenvalue weighted by atomic mass is 31.2. The minimum Gasteiger partial charge on any atom is -0.462 e. The summed E-state index contributed by atoms with van der Waals surface area (Å²) in [6.45, 7) is 4.15. The van der Waals surface area contributed by atoms with Gasteiger partial charge in [-0.25, -0.2) is 4.57 Å². The highest BCUT2D eigenvalue weighted by molar-refractivity contribution is 7.47. The fraction of sp³-hybridized carbons (Fsp3) is 0.765. The number of hydrogen-bond donors (Lipinski definition) is 1. The van der Waals surface area contributed by atoms with E-state index in [4.69, 9.17) is 18.5 Å². The van der Waals surface area contributed by atoms with Crippen molar-refractivity contribution in [3.8, 4) is 0 Å². The summed E-state index contributed by atoms with van der Waals surface area (Å²) in [6, 6.07) is 0. The predicted molar refractivity (Wildman–Crippen MR) is 178 cm³/mol. The van der Waals surface area contributed by atoms with E-state index in [9.17, 15) is 19.0 Å². The molecule has 0 aliphatic carbocycles. The number of rotatable bonds is 29. The largest absolute Gasteiger partial charge is 0.472 e. The fourth-order valence-electron chi connectivity index (χ4n) is 4.02. The second-order valence-corrected chi connectivity index (χ2v) is 13.6. The molecule has 0 aromatic heterocycles. The van der Waals surface area contributed by atoms with Crippen LogP contribution >= 0.6 is 7.82 Å². The normalized spacial score (nSPS) is 14.4. The van der Waals surface area contributed by atoms with Gasteiger partial charge >= 0.3 is 19.8 Å². The summed E-state index contributed by atoms with van der Waals surface area (Å²) >= 11 is 0. The number of phosphoric acid groups is 1. The number of carbonyl (C=O) groups is 2. The van der Waals surface area contributed by atoms with Gasteiger partial charge in [0.25, 0.3) is 0 Å². The summed E-state index contributed by atoms with van der Waals surface area (Å²) in [7, 11) is 1.45. The topological polar surface area (TPSA) is 108 Å². The molecule has 2 unspecified atom stereocenters. The van der Waals surface area contributed by atoms with Crippen LogP contribution in [0.15, 0.2) is 36.5 Å². The molecule has 0 saturated carbocycles. The van der Waals surface area contributed by atoms with Gasteiger partial charge in [0.15, 0.2) is 6.10 Å². The van der Waals surface area contributed by atoms with Crippen LogP contribution in [0.5, 0.6) is 0 Å². The van der Waals surface area contributed by atoms with E-state index in [-0.39, 0.29) is 32.0 Å². The quantitative estimate of drug-likeness (QED) is 0.0285. The second-order valence-electron chi connectivity index (χ2n) is 12.2. The van der Waals surface area contributed by atoms with Crippen molar-refractivity contribution in [3.63, 3.8) is 0 Å². The Hall–Kier alpha value is -1.77. The fourth-order valence-corrected chi connectivity index (χ4v) is 4.77. The first-order valence-electron chi connectivity index (χ1n) is 16.7. The molecule has 256 valence electrons. The van der Waals surface area contributed by atoms with Crippen molar-refractivity contribution in [1.82, 2.24) is 0 Å². The van der Waals surface area contributed by atoms with Crippen molar-refractivity contribution in [1.29, 1.82) is 0 Å². The molecule has 0 amide bonds. The van der Waals surface area contributed by atoms with Crippen LogP contribution in [0.2, 0.25) is 0 Å². The van der Waals surface area contributed by atoms with E-state index < -0.39 is 26.5 Å². The molecule has 1 N–H and O–H groups in total. The predicted octanol–water partition coefficient (Wildman–Crippen LogP) is 8.23. The summed E-state index contributed by atoms with van der Waals surface area (Å²) in [4.78, 5) is 34.8. The lowest BCUT2D eigenvalue weighted by molar-refractivity contribution is -0.870. The molecule has 9 nitrogen and oxygen atoms in total. The minimum atomic E-state index is -4.36. The molecule has 2 atom stereocenters. The molecule has 0 bridgehead atoms. The Morgan fingerprint density at radius 3 is 1.93 bits per heavy atom. The molecule has 0 saturated heterocycles. The Morgan fingerprint density at radius 1 is 0.727 bits per heavy atom. The third-order valence-corrected chi connectivity index (χ3v) is 7.67. The Morgan fingerprint density at radius 2 is 1.30 bits per heavy atom. The lowest BCUT2D eigenvalue weighted by Crippen LogP contribution is -2.37. The van der Waals surface area contributed by atoms with E-state index in [0.29, 0.717) is 17.4 Å². The van der Waals surface area contributed by atoms with E-state index in [1.54, 1.807) is 0 Å². The molecule has 0 aliphatic rings. The molecular formula is C34H63NO8P+. The van der Waals surface area contributed by atoms with Gasteiger partial charge in [0, 0.05) is 12.8 Å². The maximum atomic E-state index is 12.5. The Labute approximate surface area is 268 Å². The molecule has 0 rings (SSSR count). The molecule has 0 radical (unpaired) electrons. The number of phosphoric ester groups is 1. The van der Waals surface area contributed by atoms with Gasteiger partial charge in [0.2, 0.25) is 0 Å². The number of ether oxygens (including phenoxy) is 2. The first-order chi connectivity index (χ1) is 21.0. The number of quaternary nitrogens is 1. The van der Waals surface area contributed by atoms with Crippen LogP contribution in [0.25, 0.3) is 0 Å². The summed E-state index contributed by atoms with van der Waals surface area (Å²) in [5.41, 5.74) is 0. The number of hydrogen-bond acceptors (Lipinski definition) is 7. The maximum Gasteiger partial charge on any atom is 0.472 e. The lowest BCUT2D eigenvalue weighted by Gasteiger charge is -2.24. The minimum absolute atomic E-state index is 0.0274. The molecule has 0 spiro atoms. The van der Waals surface area contributed by atoms with Crippen LogP contribution in [0.3, 0.4) is 0 Å². The van der Waals surface area contributed by atoms with E-state index in [1.165, 1.54) is 0 Å². The van der Waals surface area contributed by atoms with Gasteiger partial charge in [-0.2, -0.15) is 0 Å². The Bertz CT molecular complexity index is 866. The van der Waals surface area contributed by atoms with E-state index >= 15 is 0 Å². The molecule has 44 heavy (non-hydrogen) atoms. The molecule has 10 heteroatoms. The zero-order valence-electron chi connectivity index (χ0n) is 28.4. The van der Waals surface area contributed by atoms with Gasteiger partial charge in [-0.05, 0) is 44.9 Å². The van der Waals surface area contributed by atoms with Crippen LogP contribution in [0.4, 0.5) is 0 Å². The molecular weight excluding hydrogens is 581 g/mol. The molecule has 0 heterocycles. The average Bonchev–Trinajstić information content (AvgIpc) is 2.95. The van der Waals surface area contributed by atoms with Gasteiger partial charge in [-0.3, -0.25) is 18.6 Å². The van der Waals surface area contributed by atoms with Crippen LogP contribution in [0, 0.1) is 0 Å². The van der Waals surface area contributed by atoms with Crippen molar-refractivity contribution < 1.29 is 42.1 Å². The molecule has 0 fully saturated rings. The summed E-state index contributed by atoms with van der Waals surface area (Å²) in [6.07, 6.45) is 26.6. The SMILES string of the molecule is CC/C=C\C/C=C\C/C=C\CCCCCCCC(=O)OC(COC(=O)CCCCCCC)COP(=O)(O)OCC[N+](C)(C)C. The molecule has 0 aromatic carbocycles. The monoisotopic (exact) mass is 644 g/mol. The number of carbonyl (C=O) groups excluding carboxylic acids is 2. The second kappa shape index (κ2) is 27.5. The number of nitrogens with zero attached hydrogens (tertiary/aromatic N) is 1. The van der Waals surface area contributed by atoms with Crippen molar-refractivity contribution in [3.05, 3.63) is 36.5 Å². The van der Waals surface area contributed by atoms with Crippen molar-refractivity contribution in [2.75, 3.05) is 47.5 Å². The van der Waals surface area contributed by atoms with Crippen LogP contribution in [-0.4, -0.2) is 74.9 Å². The van der Waals surface area contributed by atoms with E-state index in [1.807, 2.05) is 21.1 Å². The summed E-state index contributed by atoms with van der Waals surface area (Å²) < 4.78 is 33.8. The van der Waals surface area contributed by atoms with Crippen LogP contribution in [0.1, 0.15) is 117 Å². The Balaban J connectivity index is 4.45. The van der Waals surface area contributed by atoms with Gasteiger partial charge in [-0.15, -0.1) is 0 Å². The van der Waals surface area contributed by atoms with Gasteiger partial charge in [-0.1, -0.05) is 95.2 Å². The Kier molecular flexibility index (Phi) is 26.4. The third kappa shape index (κ3) is 30.3. The standard InChI is InChI=1S/C34H62NO8P/c1-6-8-10-12-13-14-15-16-17-18-19-20-21-23-25-27-34(37)43-32(30-40-33(36)26-24-22-11-9-7-2)31-42-44(38,39)41-29-28-35(3,4)5/h8,10,13-14,16-17,32H,6-7,9,11-12,15,18-31H2,1-5H3/p+1/b10-8-,14-13-,17-16-. The smallest absolute Gasteiger partial charge is 0.462 e. The van der Waals surface area contributed by atoms with E-state index in [2.05, 4.69) is 50.3 Å². The van der Waals surface area contributed by atoms with Crippen molar-refractivity contribution in [2.24, 2.45) is 0 Å². The first-order valence-corrected chi connectivity index (χ1v) is 18.2. The van der Waals surface area contributed by atoms with Gasteiger partial charge in [0.05, 0.1) is 27.7 Å². The van der Waals surface area contributed by atoms with Gasteiger partial charge in [0.1, 0.15) is 19.8 Å². The number of likely N-dealkylation sites (N-methyl/N-ethyl adjacent to an activating group) is 1.